The molecule has 0 bridgehead atoms. The van der Waals surface area contributed by atoms with E-state index in [1.54, 1.807) is 23.8 Å². The zero-order valence-corrected chi connectivity index (χ0v) is 14.6. The van der Waals surface area contributed by atoms with Crippen molar-refractivity contribution in [2.75, 3.05) is 0 Å². The molecule has 0 radical (unpaired) electrons. The molecule has 134 valence electrons. The van der Waals surface area contributed by atoms with Crippen molar-refractivity contribution in [1.29, 1.82) is 0 Å². The number of pyridine rings is 1. The first kappa shape index (κ1) is 18.6. The molecule has 1 aromatic rings. The SMILES string of the molecule is Cc1ccn(CCC(C)C)c(=O)c1C(=O)NC1CCC(F)(F)CC1. The van der Waals surface area contributed by atoms with Gasteiger partial charge in [0.05, 0.1) is 0 Å². The van der Waals surface area contributed by atoms with Crippen LogP contribution in [-0.2, 0) is 6.54 Å². The highest BCUT2D eigenvalue weighted by molar-refractivity contribution is 5.95. The topological polar surface area (TPSA) is 51.1 Å². The lowest BCUT2D eigenvalue weighted by atomic mass is 9.92. The Labute approximate surface area is 141 Å². The van der Waals surface area contributed by atoms with E-state index in [-0.39, 0.29) is 42.8 Å². The molecule has 1 saturated carbocycles. The van der Waals surface area contributed by atoms with E-state index in [0.717, 1.165) is 6.42 Å². The molecule has 0 atom stereocenters. The zero-order chi connectivity index (χ0) is 17.9. The molecule has 0 unspecified atom stereocenters. The minimum Gasteiger partial charge on any atom is -0.349 e. The number of nitrogens with one attached hydrogen (secondary N) is 1. The van der Waals surface area contributed by atoms with Gasteiger partial charge in [0.2, 0.25) is 5.92 Å². The van der Waals surface area contributed by atoms with Crippen LogP contribution in [0.2, 0.25) is 0 Å². The lowest BCUT2D eigenvalue weighted by molar-refractivity contribution is -0.0399. The Bertz CT molecular complexity index is 643. The maximum atomic E-state index is 13.2. The van der Waals surface area contributed by atoms with Crippen LogP contribution >= 0.6 is 0 Å². The molecule has 0 aromatic carbocycles. The number of amides is 1. The van der Waals surface area contributed by atoms with Crippen molar-refractivity contribution >= 4 is 5.91 Å². The number of hydrogen-bond donors (Lipinski definition) is 1. The Kier molecular flexibility index (Phi) is 5.78. The molecule has 1 fully saturated rings. The van der Waals surface area contributed by atoms with E-state index in [0.29, 0.717) is 18.0 Å². The molecule has 24 heavy (non-hydrogen) atoms. The maximum Gasteiger partial charge on any atom is 0.263 e. The molecule has 1 N–H and O–H groups in total. The van der Waals surface area contributed by atoms with Crippen LogP contribution in [0.15, 0.2) is 17.1 Å². The van der Waals surface area contributed by atoms with Crippen LogP contribution in [0.4, 0.5) is 8.78 Å². The first-order valence-corrected chi connectivity index (χ1v) is 8.58. The van der Waals surface area contributed by atoms with Crippen molar-refractivity contribution in [3.8, 4) is 0 Å². The molecule has 0 aliphatic heterocycles. The third-order valence-electron chi connectivity index (χ3n) is 4.60. The largest absolute Gasteiger partial charge is 0.349 e. The fourth-order valence-electron chi connectivity index (χ4n) is 2.96. The summed E-state index contributed by atoms with van der Waals surface area (Å²) >= 11 is 0. The number of aryl methyl sites for hydroxylation is 2. The van der Waals surface area contributed by atoms with Crippen LogP contribution in [0, 0.1) is 12.8 Å². The highest BCUT2D eigenvalue weighted by Gasteiger charge is 2.35. The van der Waals surface area contributed by atoms with Gasteiger partial charge in [0.25, 0.3) is 11.5 Å². The lowest BCUT2D eigenvalue weighted by Crippen LogP contribution is -2.43. The van der Waals surface area contributed by atoms with Crippen LogP contribution in [0.3, 0.4) is 0 Å². The van der Waals surface area contributed by atoms with E-state index < -0.39 is 11.8 Å². The van der Waals surface area contributed by atoms with E-state index in [4.69, 9.17) is 0 Å². The predicted octanol–water partition coefficient (Wildman–Crippen LogP) is 3.51. The maximum absolute atomic E-state index is 13.2. The first-order chi connectivity index (χ1) is 11.2. The second-order valence-electron chi connectivity index (χ2n) is 7.16. The Morgan fingerprint density at radius 3 is 2.58 bits per heavy atom. The van der Waals surface area contributed by atoms with Crippen LogP contribution in [0.1, 0.15) is 61.9 Å². The van der Waals surface area contributed by atoms with Gasteiger partial charge in [-0.2, -0.15) is 0 Å². The van der Waals surface area contributed by atoms with Gasteiger partial charge < -0.3 is 9.88 Å². The molecular weight excluding hydrogens is 314 g/mol. The third-order valence-corrected chi connectivity index (χ3v) is 4.60. The molecule has 6 heteroatoms. The van der Waals surface area contributed by atoms with E-state index in [2.05, 4.69) is 19.2 Å². The molecule has 1 aliphatic rings. The average molecular weight is 340 g/mol. The van der Waals surface area contributed by atoms with Crippen molar-refractivity contribution in [1.82, 2.24) is 9.88 Å². The van der Waals surface area contributed by atoms with Gasteiger partial charge in [-0.15, -0.1) is 0 Å². The predicted molar refractivity (Wildman–Crippen MR) is 89.6 cm³/mol. The molecule has 1 amide bonds. The van der Waals surface area contributed by atoms with Gasteiger partial charge in [-0.05, 0) is 43.7 Å². The average Bonchev–Trinajstić information content (AvgIpc) is 2.48. The van der Waals surface area contributed by atoms with Crippen molar-refractivity contribution in [2.45, 2.75) is 71.4 Å². The highest BCUT2D eigenvalue weighted by Crippen LogP contribution is 2.33. The van der Waals surface area contributed by atoms with E-state index >= 15 is 0 Å². The Morgan fingerprint density at radius 1 is 1.38 bits per heavy atom. The number of nitrogens with zero attached hydrogens (tertiary/aromatic N) is 1. The normalized spacial score (nSPS) is 17.9. The second kappa shape index (κ2) is 7.45. The minimum absolute atomic E-state index is 0.124. The summed E-state index contributed by atoms with van der Waals surface area (Å²) in [4.78, 5) is 25.1. The monoisotopic (exact) mass is 340 g/mol. The fourth-order valence-corrected chi connectivity index (χ4v) is 2.96. The standard InChI is InChI=1S/C18H26F2N2O2/c1-12(2)6-10-22-11-7-13(3)15(17(22)24)16(23)21-14-4-8-18(19,20)9-5-14/h7,11-12,14H,4-6,8-10H2,1-3H3,(H,21,23). The molecule has 0 saturated heterocycles. The molecule has 1 aromatic heterocycles. The number of carbonyl (C=O) groups is 1. The van der Waals surface area contributed by atoms with Gasteiger partial charge in [0.1, 0.15) is 5.56 Å². The van der Waals surface area contributed by atoms with E-state index in [1.807, 2.05) is 0 Å². The summed E-state index contributed by atoms with van der Waals surface area (Å²) in [6, 6.07) is 1.46. The summed E-state index contributed by atoms with van der Waals surface area (Å²) in [5.41, 5.74) is 0.423. The lowest BCUT2D eigenvalue weighted by Gasteiger charge is -2.28. The number of alkyl halides is 2. The van der Waals surface area contributed by atoms with Gasteiger partial charge >= 0.3 is 0 Å². The number of aromatic nitrogens is 1. The number of carbonyl (C=O) groups excluding carboxylic acids is 1. The van der Waals surface area contributed by atoms with Crippen molar-refractivity contribution < 1.29 is 13.6 Å². The summed E-state index contributed by atoms with van der Waals surface area (Å²) in [5.74, 6) is -2.63. The fraction of sp³-hybridized carbons (Fsp3) is 0.667. The van der Waals surface area contributed by atoms with Gasteiger partial charge in [-0.3, -0.25) is 9.59 Å². The van der Waals surface area contributed by atoms with Gasteiger partial charge in [-0.25, -0.2) is 8.78 Å². The second-order valence-corrected chi connectivity index (χ2v) is 7.16. The molecule has 1 aliphatic carbocycles. The number of rotatable bonds is 5. The van der Waals surface area contributed by atoms with Gasteiger partial charge in [-0.1, -0.05) is 13.8 Å². The summed E-state index contributed by atoms with van der Waals surface area (Å²) < 4.78 is 28.0. The van der Waals surface area contributed by atoms with Crippen molar-refractivity contribution in [3.63, 3.8) is 0 Å². The third kappa shape index (κ3) is 4.65. The van der Waals surface area contributed by atoms with E-state index in [1.165, 1.54) is 0 Å². The van der Waals surface area contributed by atoms with Gasteiger partial charge in [0, 0.05) is 31.6 Å². The molecular formula is C18H26F2N2O2. The molecule has 0 spiro atoms. The molecule has 2 rings (SSSR count). The van der Waals surface area contributed by atoms with Crippen LogP contribution in [0.25, 0.3) is 0 Å². The molecule has 4 nitrogen and oxygen atoms in total. The van der Waals surface area contributed by atoms with Crippen molar-refractivity contribution in [2.24, 2.45) is 5.92 Å². The Morgan fingerprint density at radius 2 is 2.00 bits per heavy atom. The van der Waals surface area contributed by atoms with Crippen molar-refractivity contribution in [3.05, 3.63) is 33.7 Å². The van der Waals surface area contributed by atoms with Crippen LogP contribution in [-0.4, -0.2) is 22.4 Å². The van der Waals surface area contributed by atoms with Crippen LogP contribution in [0.5, 0.6) is 0 Å². The Balaban J connectivity index is 2.11. The van der Waals surface area contributed by atoms with Crippen LogP contribution < -0.4 is 10.9 Å². The number of halogens is 2. The summed E-state index contributed by atoms with van der Waals surface area (Å²) in [7, 11) is 0. The van der Waals surface area contributed by atoms with E-state index in [9.17, 15) is 18.4 Å². The summed E-state index contributed by atoms with van der Waals surface area (Å²) in [5, 5.41) is 2.76. The zero-order valence-electron chi connectivity index (χ0n) is 14.6. The highest BCUT2D eigenvalue weighted by atomic mass is 19.3. The number of hydrogen-bond acceptors (Lipinski definition) is 2. The first-order valence-electron chi connectivity index (χ1n) is 8.58. The quantitative estimate of drug-likeness (QED) is 0.892. The van der Waals surface area contributed by atoms with Gasteiger partial charge in [0.15, 0.2) is 0 Å². The minimum atomic E-state index is -2.63. The Hall–Kier alpha value is -1.72. The summed E-state index contributed by atoms with van der Waals surface area (Å²) in [6.45, 7) is 6.43. The smallest absolute Gasteiger partial charge is 0.263 e. The molecule has 1 heterocycles. The summed E-state index contributed by atoms with van der Waals surface area (Å²) in [6.07, 6.45) is 2.60.